The fourth-order valence-corrected chi connectivity index (χ4v) is 2.68. The summed E-state index contributed by atoms with van der Waals surface area (Å²) in [5.74, 6) is 1.56. The maximum Gasteiger partial charge on any atom is 0.291 e. The SMILES string of the molecule is CCCOc1ccc(-c2cncc(C(=O)NN=Cc3cc(OC)cc(OC)c3)n2)cc1. The number of hydrogen-bond donors (Lipinski definition) is 1. The lowest BCUT2D eigenvalue weighted by Crippen LogP contribution is -2.19. The summed E-state index contributed by atoms with van der Waals surface area (Å²) >= 11 is 0. The highest BCUT2D eigenvalue weighted by Gasteiger charge is 2.09. The van der Waals surface area contributed by atoms with E-state index in [1.807, 2.05) is 24.3 Å². The third-order valence-electron chi connectivity index (χ3n) is 4.24. The van der Waals surface area contributed by atoms with Crippen LogP contribution in [0.5, 0.6) is 17.2 Å². The van der Waals surface area contributed by atoms with E-state index in [1.165, 1.54) is 12.4 Å². The summed E-state index contributed by atoms with van der Waals surface area (Å²) < 4.78 is 16.0. The predicted octanol–water partition coefficient (Wildman–Crippen LogP) is 3.71. The summed E-state index contributed by atoms with van der Waals surface area (Å²) in [6, 6.07) is 12.8. The molecule has 0 atom stereocenters. The minimum Gasteiger partial charge on any atom is -0.497 e. The zero-order valence-corrected chi connectivity index (χ0v) is 17.7. The van der Waals surface area contributed by atoms with Crippen LogP contribution in [0.4, 0.5) is 0 Å². The van der Waals surface area contributed by atoms with Crippen LogP contribution in [-0.2, 0) is 0 Å². The van der Waals surface area contributed by atoms with Gasteiger partial charge >= 0.3 is 0 Å². The van der Waals surface area contributed by atoms with Crippen molar-refractivity contribution < 1.29 is 19.0 Å². The molecule has 160 valence electrons. The highest BCUT2D eigenvalue weighted by Crippen LogP contribution is 2.22. The van der Waals surface area contributed by atoms with Crippen LogP contribution in [0.1, 0.15) is 29.4 Å². The second-order valence-electron chi connectivity index (χ2n) is 6.51. The third kappa shape index (κ3) is 6.02. The molecule has 0 spiro atoms. The highest BCUT2D eigenvalue weighted by molar-refractivity contribution is 5.93. The molecule has 3 aromatic rings. The number of aromatic nitrogens is 2. The number of amides is 1. The molecule has 8 nitrogen and oxygen atoms in total. The van der Waals surface area contributed by atoms with Crippen LogP contribution >= 0.6 is 0 Å². The molecule has 0 fully saturated rings. The van der Waals surface area contributed by atoms with Crippen LogP contribution in [-0.4, -0.2) is 42.9 Å². The Balaban J connectivity index is 1.68. The lowest BCUT2D eigenvalue weighted by molar-refractivity contribution is 0.0950. The van der Waals surface area contributed by atoms with E-state index in [0.29, 0.717) is 29.4 Å². The van der Waals surface area contributed by atoms with Crippen molar-refractivity contribution in [2.45, 2.75) is 13.3 Å². The molecule has 0 bridgehead atoms. The Bertz CT molecular complexity index is 1030. The van der Waals surface area contributed by atoms with E-state index in [0.717, 1.165) is 17.7 Å². The van der Waals surface area contributed by atoms with E-state index in [2.05, 4.69) is 27.4 Å². The number of benzene rings is 2. The molecule has 2 aromatic carbocycles. The fraction of sp³-hybridized carbons (Fsp3) is 0.217. The van der Waals surface area contributed by atoms with Gasteiger partial charge in [0.15, 0.2) is 0 Å². The van der Waals surface area contributed by atoms with Crippen molar-refractivity contribution in [2.75, 3.05) is 20.8 Å². The van der Waals surface area contributed by atoms with Crippen LogP contribution in [0.2, 0.25) is 0 Å². The van der Waals surface area contributed by atoms with Gasteiger partial charge < -0.3 is 14.2 Å². The van der Waals surface area contributed by atoms with E-state index in [4.69, 9.17) is 14.2 Å². The number of carbonyl (C=O) groups excluding carboxylic acids is 1. The lowest BCUT2D eigenvalue weighted by Gasteiger charge is -2.07. The van der Waals surface area contributed by atoms with Gasteiger partial charge in [0.25, 0.3) is 5.91 Å². The number of carbonyl (C=O) groups is 1. The van der Waals surface area contributed by atoms with Crippen LogP contribution < -0.4 is 19.6 Å². The molecule has 0 aliphatic heterocycles. The maximum absolute atomic E-state index is 12.4. The monoisotopic (exact) mass is 420 g/mol. The van der Waals surface area contributed by atoms with Gasteiger partial charge in [0.05, 0.1) is 45.1 Å². The van der Waals surface area contributed by atoms with Gasteiger partial charge in [-0.2, -0.15) is 5.10 Å². The van der Waals surface area contributed by atoms with E-state index < -0.39 is 5.91 Å². The Morgan fingerprint density at radius 1 is 1.03 bits per heavy atom. The average Bonchev–Trinajstić information content (AvgIpc) is 2.82. The first-order chi connectivity index (χ1) is 15.1. The summed E-state index contributed by atoms with van der Waals surface area (Å²) in [5, 5.41) is 3.99. The Labute approximate surface area is 180 Å². The van der Waals surface area contributed by atoms with Crippen molar-refractivity contribution in [3.8, 4) is 28.5 Å². The van der Waals surface area contributed by atoms with Crippen molar-refractivity contribution in [2.24, 2.45) is 5.10 Å². The standard InChI is InChI=1S/C23H24N4O4/c1-4-9-31-18-7-5-17(6-8-18)21-14-24-15-22(26-21)23(28)27-25-13-16-10-19(29-2)12-20(11-16)30-3/h5-8,10-15H,4,9H2,1-3H3,(H,27,28). The summed E-state index contributed by atoms with van der Waals surface area (Å²) in [4.78, 5) is 21.0. The average molecular weight is 420 g/mol. The zero-order chi connectivity index (χ0) is 22.1. The molecule has 0 aliphatic rings. The minimum absolute atomic E-state index is 0.157. The number of methoxy groups -OCH3 is 2. The summed E-state index contributed by atoms with van der Waals surface area (Å²) in [7, 11) is 3.13. The summed E-state index contributed by atoms with van der Waals surface area (Å²) in [6.45, 7) is 2.72. The lowest BCUT2D eigenvalue weighted by atomic mass is 10.1. The predicted molar refractivity (Wildman–Crippen MR) is 118 cm³/mol. The van der Waals surface area contributed by atoms with Crippen LogP contribution in [0.3, 0.4) is 0 Å². The number of hydrazone groups is 1. The second kappa shape index (κ2) is 10.7. The minimum atomic E-state index is -0.469. The number of ether oxygens (including phenoxy) is 3. The van der Waals surface area contributed by atoms with Gasteiger partial charge in [0.2, 0.25) is 0 Å². The molecule has 1 heterocycles. The molecule has 1 aromatic heterocycles. The number of hydrogen-bond acceptors (Lipinski definition) is 7. The van der Waals surface area contributed by atoms with Gasteiger partial charge in [0, 0.05) is 17.2 Å². The van der Waals surface area contributed by atoms with Crippen molar-refractivity contribution in [1.82, 2.24) is 15.4 Å². The van der Waals surface area contributed by atoms with Gasteiger partial charge in [-0.05, 0) is 42.8 Å². The first-order valence-electron chi connectivity index (χ1n) is 9.74. The Kier molecular flexibility index (Phi) is 7.53. The van der Waals surface area contributed by atoms with Crippen molar-refractivity contribution in [3.05, 3.63) is 66.1 Å². The first kappa shape index (κ1) is 21.8. The van der Waals surface area contributed by atoms with E-state index in [-0.39, 0.29) is 5.69 Å². The third-order valence-corrected chi connectivity index (χ3v) is 4.24. The van der Waals surface area contributed by atoms with Gasteiger partial charge in [-0.1, -0.05) is 6.92 Å². The molecule has 0 radical (unpaired) electrons. The second-order valence-corrected chi connectivity index (χ2v) is 6.51. The molecule has 0 saturated carbocycles. The largest absolute Gasteiger partial charge is 0.497 e. The molecule has 31 heavy (non-hydrogen) atoms. The number of rotatable bonds is 9. The number of nitrogens with zero attached hydrogens (tertiary/aromatic N) is 3. The molecule has 3 rings (SSSR count). The summed E-state index contributed by atoms with van der Waals surface area (Å²) in [5.41, 5.74) is 4.74. The van der Waals surface area contributed by atoms with Crippen LogP contribution in [0, 0.1) is 0 Å². The van der Waals surface area contributed by atoms with E-state index in [1.54, 1.807) is 38.6 Å². The smallest absolute Gasteiger partial charge is 0.291 e. The molecule has 8 heteroatoms. The van der Waals surface area contributed by atoms with Crippen molar-refractivity contribution in [1.29, 1.82) is 0 Å². The highest BCUT2D eigenvalue weighted by atomic mass is 16.5. The zero-order valence-electron chi connectivity index (χ0n) is 17.7. The van der Waals surface area contributed by atoms with Crippen LogP contribution in [0.25, 0.3) is 11.3 Å². The van der Waals surface area contributed by atoms with Crippen molar-refractivity contribution in [3.63, 3.8) is 0 Å². The quantitative estimate of drug-likeness (QED) is 0.419. The Hall–Kier alpha value is -3.94. The normalized spacial score (nSPS) is 10.7. The van der Waals surface area contributed by atoms with Crippen LogP contribution in [0.15, 0.2) is 60.0 Å². The van der Waals surface area contributed by atoms with E-state index >= 15 is 0 Å². The summed E-state index contributed by atoms with van der Waals surface area (Å²) in [6.07, 6.45) is 5.43. The first-order valence-corrected chi connectivity index (χ1v) is 9.74. The molecular weight excluding hydrogens is 396 g/mol. The fourth-order valence-electron chi connectivity index (χ4n) is 2.68. The Morgan fingerprint density at radius 2 is 1.74 bits per heavy atom. The van der Waals surface area contributed by atoms with E-state index in [9.17, 15) is 4.79 Å². The van der Waals surface area contributed by atoms with Gasteiger partial charge in [-0.25, -0.2) is 10.4 Å². The topological polar surface area (TPSA) is 94.9 Å². The molecular formula is C23H24N4O4. The van der Waals surface area contributed by atoms with Crippen molar-refractivity contribution >= 4 is 12.1 Å². The molecule has 0 aliphatic carbocycles. The maximum atomic E-state index is 12.4. The molecule has 1 amide bonds. The van der Waals surface area contributed by atoms with Gasteiger partial charge in [-0.15, -0.1) is 0 Å². The molecule has 1 N–H and O–H groups in total. The van der Waals surface area contributed by atoms with Gasteiger partial charge in [0.1, 0.15) is 22.9 Å². The number of nitrogens with one attached hydrogen (secondary N) is 1. The molecule has 0 unspecified atom stereocenters. The van der Waals surface area contributed by atoms with Gasteiger partial charge in [-0.3, -0.25) is 9.78 Å². The molecule has 0 saturated heterocycles. The Morgan fingerprint density at radius 3 is 2.39 bits per heavy atom.